The van der Waals surface area contributed by atoms with Crippen LogP contribution in [-0.2, 0) is 22.1 Å². The van der Waals surface area contributed by atoms with Gasteiger partial charge in [0, 0.05) is 41.6 Å². The van der Waals surface area contributed by atoms with E-state index in [4.69, 9.17) is 33.6 Å². The number of rotatable bonds is 13. The maximum Gasteiger partial charge on any atom is 0.517 e. The van der Waals surface area contributed by atoms with Crippen LogP contribution in [0.25, 0.3) is 0 Å². The van der Waals surface area contributed by atoms with Crippen molar-refractivity contribution in [3.63, 3.8) is 0 Å². The standard InChI is InChI=1S/C14H36N2O5Si2/c1-8-9-13(15)12(11-22(7,17-2)18-3)10-14(16)23(19-4,20-5)21-6/h12-14H,8-11,15-16H2,1-7H3. The average molecular weight is 369 g/mol. The molecule has 0 bridgehead atoms. The maximum atomic E-state index is 6.41. The molecule has 0 aliphatic heterocycles. The van der Waals surface area contributed by atoms with Gasteiger partial charge in [0.15, 0.2) is 0 Å². The lowest BCUT2D eigenvalue weighted by atomic mass is 9.95. The zero-order valence-electron chi connectivity index (χ0n) is 15.8. The molecule has 3 unspecified atom stereocenters. The molecular weight excluding hydrogens is 332 g/mol. The van der Waals surface area contributed by atoms with Gasteiger partial charge in [-0.2, -0.15) is 0 Å². The van der Waals surface area contributed by atoms with E-state index in [-0.39, 0.29) is 17.6 Å². The predicted octanol–water partition coefficient (Wildman–Crippen LogP) is 1.23. The lowest BCUT2D eigenvalue weighted by molar-refractivity contribution is 0.107. The van der Waals surface area contributed by atoms with Gasteiger partial charge in [0.1, 0.15) is 0 Å². The van der Waals surface area contributed by atoms with Crippen molar-refractivity contribution in [1.82, 2.24) is 0 Å². The third kappa shape index (κ3) is 6.52. The lowest BCUT2D eigenvalue weighted by Crippen LogP contribution is -2.60. The Hall–Kier alpha value is 0.154. The Bertz CT molecular complexity index is 309. The summed E-state index contributed by atoms with van der Waals surface area (Å²) >= 11 is 0. The van der Waals surface area contributed by atoms with Crippen LogP contribution < -0.4 is 11.5 Å². The summed E-state index contributed by atoms with van der Waals surface area (Å²) in [6, 6.07) is 0.802. The molecule has 0 aliphatic rings. The van der Waals surface area contributed by atoms with Crippen molar-refractivity contribution in [2.45, 2.75) is 50.5 Å². The van der Waals surface area contributed by atoms with Crippen molar-refractivity contribution < 1.29 is 22.1 Å². The molecule has 4 N–H and O–H groups in total. The predicted molar refractivity (Wildman–Crippen MR) is 96.2 cm³/mol. The molecule has 0 radical (unpaired) electrons. The van der Waals surface area contributed by atoms with E-state index in [1.165, 1.54) is 0 Å². The molecule has 9 heteroatoms. The van der Waals surface area contributed by atoms with Gasteiger partial charge in [-0.25, -0.2) is 0 Å². The first-order chi connectivity index (χ1) is 10.8. The Kier molecular flexibility index (Phi) is 11.0. The minimum atomic E-state index is -2.89. The van der Waals surface area contributed by atoms with Crippen molar-refractivity contribution in [3.05, 3.63) is 0 Å². The Morgan fingerprint density at radius 3 is 1.70 bits per heavy atom. The second kappa shape index (κ2) is 10.9. The Balaban J connectivity index is 5.22. The van der Waals surface area contributed by atoms with Crippen LogP contribution in [0, 0.1) is 5.92 Å². The van der Waals surface area contributed by atoms with Gasteiger partial charge < -0.3 is 33.6 Å². The van der Waals surface area contributed by atoms with Gasteiger partial charge in [0.05, 0.1) is 5.67 Å². The fraction of sp³-hybridized carbons (Fsp3) is 1.00. The monoisotopic (exact) mass is 368 g/mol. The molecule has 0 amide bonds. The first-order valence-electron chi connectivity index (χ1n) is 8.04. The van der Waals surface area contributed by atoms with Crippen LogP contribution in [0.15, 0.2) is 0 Å². The van der Waals surface area contributed by atoms with Crippen molar-refractivity contribution in [1.29, 1.82) is 0 Å². The van der Waals surface area contributed by atoms with E-state index in [9.17, 15) is 0 Å². The highest BCUT2D eigenvalue weighted by Crippen LogP contribution is 2.28. The Morgan fingerprint density at radius 1 is 0.870 bits per heavy atom. The Labute approximate surface area is 143 Å². The smallest absolute Gasteiger partial charge is 0.398 e. The number of nitrogens with two attached hydrogens (primary N) is 2. The average Bonchev–Trinajstić information content (AvgIpc) is 2.56. The summed E-state index contributed by atoms with van der Waals surface area (Å²) in [6.45, 7) is 4.16. The van der Waals surface area contributed by atoms with Gasteiger partial charge in [0.2, 0.25) is 0 Å². The molecule has 0 aromatic carbocycles. The fourth-order valence-electron chi connectivity index (χ4n) is 2.88. The maximum absolute atomic E-state index is 6.41. The second-order valence-corrected chi connectivity index (χ2v) is 12.7. The molecule has 140 valence electrons. The van der Waals surface area contributed by atoms with E-state index in [2.05, 4.69) is 6.92 Å². The molecule has 0 fully saturated rings. The molecule has 0 saturated carbocycles. The summed E-state index contributed by atoms with van der Waals surface area (Å²) in [4.78, 5) is 0. The SMILES string of the molecule is CCCC(N)C(CC(N)[Si](OC)(OC)OC)C[Si](C)(OC)OC. The number of hydrogen-bond donors (Lipinski definition) is 2. The van der Waals surface area contributed by atoms with Gasteiger partial charge in [0.25, 0.3) is 0 Å². The first kappa shape index (κ1) is 23.2. The van der Waals surface area contributed by atoms with Crippen molar-refractivity contribution in [2.75, 3.05) is 35.5 Å². The van der Waals surface area contributed by atoms with Gasteiger partial charge in [-0.3, -0.25) is 0 Å². The second-order valence-electron chi connectivity index (χ2n) is 6.02. The van der Waals surface area contributed by atoms with E-state index >= 15 is 0 Å². The molecule has 23 heavy (non-hydrogen) atoms. The highest BCUT2D eigenvalue weighted by molar-refractivity contribution is 6.66. The molecule has 0 aromatic heterocycles. The minimum absolute atomic E-state index is 0.0282. The van der Waals surface area contributed by atoms with E-state index in [0.29, 0.717) is 6.42 Å². The zero-order valence-corrected chi connectivity index (χ0v) is 17.8. The molecule has 0 saturated heterocycles. The largest absolute Gasteiger partial charge is 0.517 e. The van der Waals surface area contributed by atoms with Gasteiger partial charge in [-0.1, -0.05) is 13.3 Å². The number of hydrogen-bond acceptors (Lipinski definition) is 7. The highest BCUT2D eigenvalue weighted by atomic mass is 28.4. The van der Waals surface area contributed by atoms with Crippen LogP contribution in [0.4, 0.5) is 0 Å². The summed E-state index contributed by atoms with van der Waals surface area (Å²) in [7, 11) is 2.96. The summed E-state index contributed by atoms with van der Waals surface area (Å²) in [6.07, 6.45) is 2.60. The zero-order chi connectivity index (χ0) is 18.1. The molecule has 3 atom stereocenters. The van der Waals surface area contributed by atoms with Crippen molar-refractivity contribution >= 4 is 17.4 Å². The van der Waals surface area contributed by atoms with Crippen molar-refractivity contribution in [3.8, 4) is 0 Å². The third-order valence-electron chi connectivity index (χ3n) is 4.59. The van der Waals surface area contributed by atoms with Crippen LogP contribution in [0.2, 0.25) is 12.6 Å². The summed E-state index contributed by atoms with van der Waals surface area (Å²) in [5.41, 5.74) is 12.5. The summed E-state index contributed by atoms with van der Waals surface area (Å²) in [5, 5.41) is 0. The van der Waals surface area contributed by atoms with Crippen LogP contribution >= 0.6 is 0 Å². The van der Waals surface area contributed by atoms with Crippen LogP contribution in [0.1, 0.15) is 26.2 Å². The van der Waals surface area contributed by atoms with E-state index in [0.717, 1.165) is 18.9 Å². The minimum Gasteiger partial charge on any atom is -0.398 e. The van der Waals surface area contributed by atoms with Crippen LogP contribution in [-0.4, -0.2) is 64.6 Å². The highest BCUT2D eigenvalue weighted by Gasteiger charge is 2.47. The molecule has 0 aromatic rings. The topological polar surface area (TPSA) is 98.2 Å². The van der Waals surface area contributed by atoms with Crippen molar-refractivity contribution in [2.24, 2.45) is 17.4 Å². The fourth-order valence-corrected chi connectivity index (χ4v) is 6.80. The van der Waals surface area contributed by atoms with Gasteiger partial charge in [-0.05, 0) is 31.4 Å². The molecule has 0 heterocycles. The molecule has 0 aliphatic carbocycles. The molecule has 0 spiro atoms. The molecule has 7 nitrogen and oxygen atoms in total. The van der Waals surface area contributed by atoms with Crippen LogP contribution in [0.5, 0.6) is 0 Å². The molecular formula is C14H36N2O5Si2. The van der Waals surface area contributed by atoms with E-state index in [1.54, 1.807) is 35.5 Å². The van der Waals surface area contributed by atoms with E-state index in [1.807, 2.05) is 6.55 Å². The first-order valence-corrected chi connectivity index (χ1v) is 12.4. The van der Waals surface area contributed by atoms with Gasteiger partial charge >= 0.3 is 17.4 Å². The quantitative estimate of drug-likeness (QED) is 0.472. The van der Waals surface area contributed by atoms with E-state index < -0.39 is 17.4 Å². The third-order valence-corrected chi connectivity index (χ3v) is 10.4. The summed E-state index contributed by atoms with van der Waals surface area (Å²) < 4.78 is 27.8. The molecule has 0 rings (SSSR count). The summed E-state index contributed by atoms with van der Waals surface area (Å²) in [5.74, 6) is 0.161. The normalized spacial score (nSPS) is 17.1. The lowest BCUT2D eigenvalue weighted by Gasteiger charge is -2.36. The Morgan fingerprint density at radius 2 is 1.35 bits per heavy atom. The van der Waals surface area contributed by atoms with Gasteiger partial charge in [-0.15, -0.1) is 0 Å². The van der Waals surface area contributed by atoms with Crippen LogP contribution in [0.3, 0.4) is 0 Å².